The maximum atomic E-state index is 13.7. The Morgan fingerprint density at radius 1 is 1.08 bits per heavy atom. The van der Waals surface area contributed by atoms with Gasteiger partial charge in [0.15, 0.2) is 5.65 Å². The van der Waals surface area contributed by atoms with Crippen molar-refractivity contribution < 1.29 is 14.3 Å². The van der Waals surface area contributed by atoms with Gasteiger partial charge in [0.2, 0.25) is 0 Å². The van der Waals surface area contributed by atoms with Crippen LogP contribution in [0.5, 0.6) is 0 Å². The molecule has 1 atom stereocenters. The Morgan fingerprint density at radius 2 is 1.84 bits per heavy atom. The highest BCUT2D eigenvalue weighted by Gasteiger charge is 2.29. The molecule has 1 aliphatic heterocycles. The zero-order valence-electron chi connectivity index (χ0n) is 20.8. The van der Waals surface area contributed by atoms with Gasteiger partial charge in [0.1, 0.15) is 6.54 Å². The molecule has 1 saturated heterocycles. The van der Waals surface area contributed by atoms with Gasteiger partial charge in [-0.2, -0.15) is 0 Å². The van der Waals surface area contributed by atoms with E-state index in [4.69, 9.17) is 0 Å². The molecule has 0 saturated carbocycles. The normalized spacial score (nSPS) is 15.7. The number of esters is 1. The summed E-state index contributed by atoms with van der Waals surface area (Å²) in [5, 5.41) is 2.51. The van der Waals surface area contributed by atoms with Gasteiger partial charge in [-0.1, -0.05) is 6.07 Å². The summed E-state index contributed by atoms with van der Waals surface area (Å²) in [7, 11) is 1.26. The molecule has 10 heteroatoms. The lowest BCUT2D eigenvalue weighted by molar-refractivity contribution is -0.139. The summed E-state index contributed by atoms with van der Waals surface area (Å²) >= 11 is 0. The van der Waals surface area contributed by atoms with Crippen LogP contribution in [0.3, 0.4) is 0 Å². The number of hydrogen-bond acceptors (Lipinski definition) is 7. The summed E-state index contributed by atoms with van der Waals surface area (Å²) in [6.45, 7) is 4.18. The van der Waals surface area contributed by atoms with Crippen molar-refractivity contribution in [3.05, 3.63) is 88.2 Å². The van der Waals surface area contributed by atoms with Gasteiger partial charge in [-0.15, -0.1) is 0 Å². The second-order valence-electron chi connectivity index (χ2n) is 9.08. The summed E-state index contributed by atoms with van der Waals surface area (Å²) in [5.74, 6) is -0.931. The van der Waals surface area contributed by atoms with E-state index in [2.05, 4.69) is 37.9 Å². The van der Waals surface area contributed by atoms with E-state index >= 15 is 0 Å². The first-order valence-electron chi connectivity index (χ1n) is 12.1. The quantitative estimate of drug-likeness (QED) is 0.388. The van der Waals surface area contributed by atoms with Crippen molar-refractivity contribution in [1.29, 1.82) is 0 Å². The number of methoxy groups -OCH3 is 1. The molecule has 3 aromatic heterocycles. The Hall–Kier alpha value is -4.31. The van der Waals surface area contributed by atoms with Crippen LogP contribution >= 0.6 is 0 Å². The number of pyridine rings is 2. The molecule has 10 nitrogen and oxygen atoms in total. The number of fused-ring (bicyclic) bond motifs is 1. The van der Waals surface area contributed by atoms with Crippen LogP contribution in [0, 0.1) is 6.92 Å². The number of aryl methyl sites for hydroxylation is 1. The number of nitrogens with one attached hydrogen (secondary N) is 1. The summed E-state index contributed by atoms with van der Waals surface area (Å²) < 4.78 is 7.97. The summed E-state index contributed by atoms with van der Waals surface area (Å²) in [6, 6.07) is 14.4. The lowest BCUT2D eigenvalue weighted by atomic mass is 10.2. The smallest absolute Gasteiger partial charge is 0.335 e. The number of likely N-dealkylation sites (tertiary alicyclic amines) is 1. The van der Waals surface area contributed by atoms with Gasteiger partial charge in [0, 0.05) is 37.6 Å². The summed E-state index contributed by atoms with van der Waals surface area (Å²) in [6.07, 6.45) is 4.34. The van der Waals surface area contributed by atoms with Crippen molar-refractivity contribution in [2.45, 2.75) is 25.9 Å². The second kappa shape index (κ2) is 10.4. The molecule has 37 heavy (non-hydrogen) atoms. The Kier molecular flexibility index (Phi) is 6.82. The topological polar surface area (TPSA) is 111 Å². The lowest BCUT2D eigenvalue weighted by Crippen LogP contribution is -2.30. The van der Waals surface area contributed by atoms with Crippen molar-refractivity contribution in [2.75, 3.05) is 26.7 Å². The third-order valence-corrected chi connectivity index (χ3v) is 6.75. The molecule has 0 unspecified atom stereocenters. The third-order valence-electron chi connectivity index (χ3n) is 6.75. The minimum absolute atomic E-state index is 0.0152. The van der Waals surface area contributed by atoms with E-state index in [9.17, 15) is 14.4 Å². The SMILES string of the molecule is COC(=O)CNC(=O)c1ccc(-n2c(=O)n([C@H]3CCN(Cc4ncccc4C)C3)c3ncccc32)cc1. The number of hydrogen-bond donors (Lipinski definition) is 1. The number of amides is 1. The number of carbonyl (C=O) groups is 2. The van der Waals surface area contributed by atoms with Crippen LogP contribution < -0.4 is 11.0 Å². The molecular weight excluding hydrogens is 472 g/mol. The first-order valence-corrected chi connectivity index (χ1v) is 12.1. The molecule has 190 valence electrons. The van der Waals surface area contributed by atoms with Crippen molar-refractivity contribution in [3.8, 4) is 5.69 Å². The van der Waals surface area contributed by atoms with Crippen LogP contribution in [0.4, 0.5) is 0 Å². The van der Waals surface area contributed by atoms with E-state index < -0.39 is 11.9 Å². The van der Waals surface area contributed by atoms with Crippen LogP contribution in [0.15, 0.2) is 65.7 Å². The average molecular weight is 501 g/mol. The van der Waals surface area contributed by atoms with Gasteiger partial charge < -0.3 is 10.1 Å². The van der Waals surface area contributed by atoms with Crippen LogP contribution in [0.25, 0.3) is 16.9 Å². The van der Waals surface area contributed by atoms with Crippen LogP contribution in [0.2, 0.25) is 0 Å². The van der Waals surface area contributed by atoms with Crippen LogP contribution in [-0.2, 0) is 16.1 Å². The molecule has 1 aliphatic rings. The second-order valence-corrected chi connectivity index (χ2v) is 9.08. The first kappa shape index (κ1) is 24.4. The van der Waals surface area contributed by atoms with E-state index in [1.807, 2.05) is 24.4 Å². The van der Waals surface area contributed by atoms with Gasteiger partial charge in [-0.25, -0.2) is 9.78 Å². The molecule has 1 amide bonds. The molecule has 0 bridgehead atoms. The molecule has 0 radical (unpaired) electrons. The number of benzene rings is 1. The van der Waals surface area contributed by atoms with Crippen molar-refractivity contribution in [2.24, 2.45) is 0 Å². The highest BCUT2D eigenvalue weighted by Crippen LogP contribution is 2.26. The molecular formula is C27H28N6O4. The standard InChI is InChI=1S/C27H28N6O4/c1-18-5-3-12-28-22(18)17-31-14-11-21(16-31)33-25-23(6-4-13-29-25)32(27(33)36)20-9-7-19(8-10-20)26(35)30-15-24(34)37-2/h3-10,12-13,21H,11,14-17H2,1-2H3,(H,30,35)/t21-/m0/s1. The fourth-order valence-corrected chi connectivity index (χ4v) is 4.78. The van der Waals surface area contributed by atoms with Gasteiger partial charge >= 0.3 is 11.7 Å². The minimum atomic E-state index is -0.530. The zero-order chi connectivity index (χ0) is 25.9. The first-order chi connectivity index (χ1) is 18.0. The summed E-state index contributed by atoms with van der Waals surface area (Å²) in [5.41, 5.74) is 4.37. The minimum Gasteiger partial charge on any atom is -0.468 e. The fourth-order valence-electron chi connectivity index (χ4n) is 4.78. The Bertz CT molecular complexity index is 1510. The maximum Gasteiger partial charge on any atom is 0.335 e. The maximum absolute atomic E-state index is 13.7. The predicted octanol–water partition coefficient (Wildman–Crippen LogP) is 2.24. The van der Waals surface area contributed by atoms with E-state index in [-0.39, 0.29) is 18.3 Å². The number of aromatic nitrogens is 4. The van der Waals surface area contributed by atoms with Gasteiger partial charge in [0.05, 0.1) is 30.0 Å². The largest absolute Gasteiger partial charge is 0.468 e. The molecule has 0 spiro atoms. The van der Waals surface area contributed by atoms with Crippen molar-refractivity contribution in [1.82, 2.24) is 29.3 Å². The Labute approximate surface area is 213 Å². The predicted molar refractivity (Wildman–Crippen MR) is 138 cm³/mol. The van der Waals surface area contributed by atoms with Gasteiger partial charge in [-0.3, -0.25) is 28.6 Å². The average Bonchev–Trinajstić information content (AvgIpc) is 3.49. The van der Waals surface area contributed by atoms with Gasteiger partial charge in [-0.05, 0) is 61.4 Å². The molecule has 1 fully saturated rings. The fraction of sp³-hybridized carbons (Fsp3) is 0.296. The number of ether oxygens (including phenoxy) is 1. The summed E-state index contributed by atoms with van der Waals surface area (Å²) in [4.78, 5) is 48.8. The Morgan fingerprint density at radius 3 is 2.59 bits per heavy atom. The Balaban J connectivity index is 1.41. The molecule has 1 aromatic carbocycles. The zero-order valence-corrected chi connectivity index (χ0v) is 20.8. The highest BCUT2D eigenvalue weighted by molar-refractivity contribution is 5.96. The molecule has 4 aromatic rings. The van der Waals surface area contributed by atoms with E-state index in [0.717, 1.165) is 37.3 Å². The number of imidazole rings is 1. The molecule has 5 rings (SSSR count). The molecule has 0 aliphatic carbocycles. The van der Waals surface area contributed by atoms with Crippen molar-refractivity contribution in [3.63, 3.8) is 0 Å². The van der Waals surface area contributed by atoms with Crippen molar-refractivity contribution >= 4 is 23.0 Å². The third kappa shape index (κ3) is 4.88. The molecule has 4 heterocycles. The highest BCUT2D eigenvalue weighted by atomic mass is 16.5. The monoisotopic (exact) mass is 500 g/mol. The number of carbonyl (C=O) groups excluding carboxylic acids is 2. The number of nitrogens with zero attached hydrogens (tertiary/aromatic N) is 5. The lowest BCUT2D eigenvalue weighted by Gasteiger charge is -2.17. The van der Waals surface area contributed by atoms with Crippen LogP contribution in [0.1, 0.15) is 34.1 Å². The van der Waals surface area contributed by atoms with E-state index in [1.54, 1.807) is 39.6 Å². The van der Waals surface area contributed by atoms with Crippen LogP contribution in [-0.4, -0.2) is 62.6 Å². The van der Waals surface area contributed by atoms with Gasteiger partial charge in [0.25, 0.3) is 5.91 Å². The number of rotatable bonds is 7. The molecule has 1 N–H and O–H groups in total. The van der Waals surface area contributed by atoms with E-state index in [1.165, 1.54) is 7.11 Å². The van der Waals surface area contributed by atoms with E-state index in [0.29, 0.717) is 22.4 Å².